The molecule has 0 aromatic heterocycles. The molecule has 1 heterocycles. The van der Waals surface area contributed by atoms with Gasteiger partial charge in [0.05, 0.1) is 6.10 Å². The van der Waals surface area contributed by atoms with Gasteiger partial charge in [0, 0.05) is 19.5 Å². The van der Waals surface area contributed by atoms with E-state index in [9.17, 15) is 9.59 Å². The van der Waals surface area contributed by atoms with Crippen molar-refractivity contribution in [2.45, 2.75) is 83.3 Å². The van der Waals surface area contributed by atoms with Gasteiger partial charge in [-0.3, -0.25) is 9.59 Å². The molecule has 1 aliphatic heterocycles. The van der Waals surface area contributed by atoms with Crippen LogP contribution in [0.15, 0.2) is 0 Å². The molecular weight excluding hydrogens is 294 g/mol. The Hall–Kier alpha value is -1.10. The van der Waals surface area contributed by atoms with Crippen LogP contribution in [0.2, 0.25) is 0 Å². The first-order valence-electron chi connectivity index (χ1n) is 9.22. The number of piperidine rings is 1. The van der Waals surface area contributed by atoms with Crippen LogP contribution >= 0.6 is 0 Å². The summed E-state index contributed by atoms with van der Waals surface area (Å²) < 4.78 is 6.03. The van der Waals surface area contributed by atoms with Gasteiger partial charge in [0.1, 0.15) is 6.10 Å². The first-order chi connectivity index (χ1) is 11.1. The number of carboxylic acid groups (broad SMARTS) is 1. The fraction of sp³-hybridized carbons (Fsp3) is 0.889. The summed E-state index contributed by atoms with van der Waals surface area (Å²) in [6.45, 7) is 3.33. The van der Waals surface area contributed by atoms with Crippen molar-refractivity contribution in [1.82, 2.24) is 4.90 Å². The summed E-state index contributed by atoms with van der Waals surface area (Å²) in [5, 5.41) is 8.81. The number of hydrogen-bond donors (Lipinski definition) is 1. The Kier molecular flexibility index (Phi) is 7.34. The highest BCUT2D eigenvalue weighted by atomic mass is 16.5. The van der Waals surface area contributed by atoms with Crippen molar-refractivity contribution in [3.05, 3.63) is 0 Å². The molecule has 2 fully saturated rings. The SMILES string of the molecule is C[C@H](OC1CCCCCC1)C(=O)N1CCC[C@@H](CCC(=O)O)C1. The molecule has 0 spiro atoms. The molecule has 2 atom stereocenters. The third kappa shape index (κ3) is 6.13. The van der Waals surface area contributed by atoms with Crippen molar-refractivity contribution in [3.63, 3.8) is 0 Å². The van der Waals surface area contributed by atoms with Gasteiger partial charge >= 0.3 is 5.97 Å². The number of carbonyl (C=O) groups is 2. The molecule has 132 valence electrons. The van der Waals surface area contributed by atoms with Gasteiger partial charge in [-0.05, 0) is 44.9 Å². The third-order valence-electron chi connectivity index (χ3n) is 5.14. The minimum absolute atomic E-state index is 0.0780. The van der Waals surface area contributed by atoms with Crippen molar-refractivity contribution < 1.29 is 19.4 Å². The molecule has 1 N–H and O–H groups in total. The van der Waals surface area contributed by atoms with Gasteiger partial charge < -0.3 is 14.7 Å². The lowest BCUT2D eigenvalue weighted by molar-refractivity contribution is -0.148. The zero-order valence-corrected chi connectivity index (χ0v) is 14.3. The molecule has 23 heavy (non-hydrogen) atoms. The molecule has 0 aromatic rings. The molecule has 1 aliphatic carbocycles. The number of likely N-dealkylation sites (tertiary alicyclic amines) is 1. The lowest BCUT2D eigenvalue weighted by atomic mass is 9.93. The number of carboxylic acids is 1. The molecule has 5 nitrogen and oxygen atoms in total. The second-order valence-electron chi connectivity index (χ2n) is 7.12. The highest BCUT2D eigenvalue weighted by Gasteiger charge is 2.29. The number of aliphatic carboxylic acids is 1. The number of amides is 1. The van der Waals surface area contributed by atoms with E-state index in [1.165, 1.54) is 25.7 Å². The molecule has 1 amide bonds. The van der Waals surface area contributed by atoms with Gasteiger partial charge in [0.15, 0.2) is 0 Å². The summed E-state index contributed by atoms with van der Waals surface area (Å²) >= 11 is 0. The molecule has 0 radical (unpaired) electrons. The first-order valence-corrected chi connectivity index (χ1v) is 9.22. The average molecular weight is 325 g/mol. The van der Waals surface area contributed by atoms with Crippen molar-refractivity contribution in [3.8, 4) is 0 Å². The largest absolute Gasteiger partial charge is 0.481 e. The predicted molar refractivity (Wildman–Crippen MR) is 88.2 cm³/mol. The van der Waals surface area contributed by atoms with E-state index >= 15 is 0 Å². The number of nitrogens with zero attached hydrogens (tertiary/aromatic N) is 1. The average Bonchev–Trinajstić information content (AvgIpc) is 2.81. The van der Waals surface area contributed by atoms with Gasteiger partial charge in [0.2, 0.25) is 0 Å². The van der Waals surface area contributed by atoms with E-state index in [1.807, 2.05) is 11.8 Å². The third-order valence-corrected chi connectivity index (χ3v) is 5.14. The van der Waals surface area contributed by atoms with Crippen LogP contribution in [0.5, 0.6) is 0 Å². The van der Waals surface area contributed by atoms with E-state index in [4.69, 9.17) is 9.84 Å². The fourth-order valence-corrected chi connectivity index (χ4v) is 3.81. The quantitative estimate of drug-likeness (QED) is 0.762. The molecule has 2 rings (SSSR count). The van der Waals surface area contributed by atoms with Gasteiger partial charge in [-0.25, -0.2) is 0 Å². The van der Waals surface area contributed by atoms with E-state index < -0.39 is 5.97 Å². The normalized spacial score (nSPS) is 24.9. The van der Waals surface area contributed by atoms with Crippen molar-refractivity contribution in [2.24, 2.45) is 5.92 Å². The smallest absolute Gasteiger partial charge is 0.303 e. The highest BCUT2D eigenvalue weighted by molar-refractivity contribution is 5.80. The monoisotopic (exact) mass is 325 g/mol. The summed E-state index contributed by atoms with van der Waals surface area (Å²) in [6.07, 6.45) is 9.79. The zero-order valence-electron chi connectivity index (χ0n) is 14.3. The van der Waals surface area contributed by atoms with Crippen LogP contribution in [0.1, 0.15) is 71.1 Å². The van der Waals surface area contributed by atoms with Crippen molar-refractivity contribution in [2.75, 3.05) is 13.1 Å². The lowest BCUT2D eigenvalue weighted by Gasteiger charge is -2.35. The Morgan fingerprint density at radius 1 is 1.13 bits per heavy atom. The van der Waals surface area contributed by atoms with Gasteiger partial charge in [-0.15, -0.1) is 0 Å². The number of hydrogen-bond acceptors (Lipinski definition) is 3. The minimum atomic E-state index is -0.751. The summed E-state index contributed by atoms with van der Waals surface area (Å²) in [4.78, 5) is 25.2. The number of carbonyl (C=O) groups excluding carboxylic acids is 1. The Morgan fingerprint density at radius 2 is 1.83 bits per heavy atom. The molecule has 1 saturated heterocycles. The van der Waals surface area contributed by atoms with E-state index in [0.717, 1.165) is 32.2 Å². The molecule has 2 aliphatic rings. The Morgan fingerprint density at radius 3 is 2.48 bits per heavy atom. The van der Waals surface area contributed by atoms with E-state index in [-0.39, 0.29) is 24.5 Å². The van der Waals surface area contributed by atoms with Crippen LogP contribution in [-0.2, 0) is 14.3 Å². The number of ether oxygens (including phenoxy) is 1. The maximum atomic E-state index is 12.6. The minimum Gasteiger partial charge on any atom is -0.481 e. The predicted octanol–water partition coefficient (Wildman–Crippen LogP) is 3.22. The molecule has 0 unspecified atom stereocenters. The fourth-order valence-electron chi connectivity index (χ4n) is 3.81. The van der Waals surface area contributed by atoms with Gasteiger partial charge in [0.25, 0.3) is 5.91 Å². The van der Waals surface area contributed by atoms with Crippen molar-refractivity contribution in [1.29, 1.82) is 0 Å². The maximum absolute atomic E-state index is 12.6. The molecule has 0 aromatic carbocycles. The van der Waals surface area contributed by atoms with Gasteiger partial charge in [-0.1, -0.05) is 25.7 Å². The topological polar surface area (TPSA) is 66.8 Å². The zero-order chi connectivity index (χ0) is 16.7. The highest BCUT2D eigenvalue weighted by Crippen LogP contribution is 2.24. The molecule has 1 saturated carbocycles. The van der Waals surface area contributed by atoms with Crippen LogP contribution in [0.3, 0.4) is 0 Å². The lowest BCUT2D eigenvalue weighted by Crippen LogP contribution is -2.45. The summed E-state index contributed by atoms with van der Waals surface area (Å²) in [7, 11) is 0. The second-order valence-corrected chi connectivity index (χ2v) is 7.12. The van der Waals surface area contributed by atoms with Crippen LogP contribution in [0.25, 0.3) is 0 Å². The summed E-state index contributed by atoms with van der Waals surface area (Å²) in [6, 6.07) is 0. The van der Waals surface area contributed by atoms with Crippen LogP contribution in [0.4, 0.5) is 0 Å². The molecule has 5 heteroatoms. The van der Waals surface area contributed by atoms with E-state index in [2.05, 4.69) is 0 Å². The number of rotatable bonds is 6. The van der Waals surface area contributed by atoms with Gasteiger partial charge in [-0.2, -0.15) is 0 Å². The van der Waals surface area contributed by atoms with E-state index in [0.29, 0.717) is 18.9 Å². The van der Waals surface area contributed by atoms with Crippen LogP contribution < -0.4 is 0 Å². The van der Waals surface area contributed by atoms with Crippen LogP contribution in [-0.4, -0.2) is 47.2 Å². The standard InChI is InChI=1S/C18H31NO4/c1-14(23-16-8-4-2-3-5-9-16)18(22)19-12-6-7-15(13-19)10-11-17(20)21/h14-16H,2-13H2,1H3,(H,20,21)/t14-,15-/m0/s1. The second kappa shape index (κ2) is 9.26. The first kappa shape index (κ1) is 18.2. The Balaban J connectivity index is 1.79. The Labute approximate surface area is 139 Å². The summed E-state index contributed by atoms with van der Waals surface area (Å²) in [5.74, 6) is -0.360. The Bertz CT molecular complexity index is 390. The van der Waals surface area contributed by atoms with E-state index in [1.54, 1.807) is 0 Å². The van der Waals surface area contributed by atoms with Crippen molar-refractivity contribution >= 4 is 11.9 Å². The summed E-state index contributed by atoms with van der Waals surface area (Å²) in [5.41, 5.74) is 0. The van der Waals surface area contributed by atoms with Crippen LogP contribution in [0, 0.1) is 5.92 Å². The maximum Gasteiger partial charge on any atom is 0.303 e. The molecule has 0 bridgehead atoms. The molecular formula is C18H31NO4.